The predicted octanol–water partition coefficient (Wildman–Crippen LogP) is 3.48. The van der Waals surface area contributed by atoms with Crippen molar-refractivity contribution in [3.05, 3.63) is 89.5 Å². The van der Waals surface area contributed by atoms with E-state index < -0.39 is 15.9 Å². The number of carbonyl (C=O) groups excluding carboxylic acids is 2. The van der Waals surface area contributed by atoms with E-state index in [-0.39, 0.29) is 33.2 Å². The number of hydrogen-bond donors (Lipinski definition) is 2. The number of carbonyl (C=O) groups is 2. The summed E-state index contributed by atoms with van der Waals surface area (Å²) < 4.78 is 33.7. The fraction of sp³-hybridized carbons (Fsp3) is 0.130. The summed E-state index contributed by atoms with van der Waals surface area (Å²) in [7, 11) is -2.69. The number of anilines is 1. The zero-order valence-electron chi connectivity index (χ0n) is 17.1. The lowest BCUT2D eigenvalue weighted by molar-refractivity contribution is 0.0951. The van der Waals surface area contributed by atoms with Crippen LogP contribution in [0.3, 0.4) is 0 Å². The van der Waals surface area contributed by atoms with Crippen LogP contribution in [0.1, 0.15) is 33.2 Å². The zero-order chi connectivity index (χ0) is 22.4. The highest BCUT2D eigenvalue weighted by Crippen LogP contribution is 2.26. The van der Waals surface area contributed by atoms with Gasteiger partial charge < -0.3 is 10.1 Å². The number of para-hydroxylation sites is 1. The SMILES string of the molecule is CCNC(=O)c1cc(S(=O)(=O)Nc2ccccc2C(=O)c2ccccc2)ccc1OC. The fourth-order valence-electron chi connectivity index (χ4n) is 3.01. The van der Waals surface area contributed by atoms with Crippen molar-refractivity contribution in [2.45, 2.75) is 11.8 Å². The van der Waals surface area contributed by atoms with E-state index in [1.54, 1.807) is 55.5 Å². The van der Waals surface area contributed by atoms with Crippen molar-refractivity contribution in [1.82, 2.24) is 5.32 Å². The molecular weight excluding hydrogens is 416 g/mol. The third-order valence-corrected chi connectivity index (χ3v) is 5.88. The van der Waals surface area contributed by atoms with Crippen molar-refractivity contribution in [2.75, 3.05) is 18.4 Å². The first-order chi connectivity index (χ1) is 14.9. The fourth-order valence-corrected chi connectivity index (χ4v) is 4.11. The van der Waals surface area contributed by atoms with Crippen LogP contribution in [0.25, 0.3) is 0 Å². The Hall–Kier alpha value is -3.65. The second-order valence-electron chi connectivity index (χ2n) is 6.57. The molecule has 0 aliphatic rings. The molecule has 3 aromatic rings. The third-order valence-electron chi connectivity index (χ3n) is 4.52. The lowest BCUT2D eigenvalue weighted by Crippen LogP contribution is -2.24. The maximum atomic E-state index is 13.1. The van der Waals surface area contributed by atoms with Gasteiger partial charge >= 0.3 is 0 Å². The standard InChI is InChI=1S/C23H22N2O5S/c1-3-24-23(27)19-15-17(13-14-21(19)30-2)31(28,29)25-20-12-8-7-11-18(20)22(26)16-9-5-4-6-10-16/h4-15,25H,3H2,1-2H3,(H,24,27). The number of ketones is 1. The maximum Gasteiger partial charge on any atom is 0.261 e. The van der Waals surface area contributed by atoms with Gasteiger partial charge in [-0.1, -0.05) is 42.5 Å². The van der Waals surface area contributed by atoms with Gasteiger partial charge in [0.15, 0.2) is 5.78 Å². The molecule has 0 aliphatic carbocycles. The minimum atomic E-state index is -4.09. The van der Waals surface area contributed by atoms with Crippen molar-refractivity contribution in [3.63, 3.8) is 0 Å². The van der Waals surface area contributed by atoms with Crippen LogP contribution in [-0.4, -0.2) is 33.8 Å². The molecule has 0 saturated carbocycles. The second kappa shape index (κ2) is 9.44. The Morgan fingerprint density at radius 3 is 2.26 bits per heavy atom. The quantitative estimate of drug-likeness (QED) is 0.525. The summed E-state index contributed by atoms with van der Waals surface area (Å²) in [5.74, 6) is -0.503. The predicted molar refractivity (Wildman–Crippen MR) is 118 cm³/mol. The molecule has 0 radical (unpaired) electrons. The van der Waals surface area contributed by atoms with Gasteiger partial charge in [0.1, 0.15) is 5.75 Å². The summed E-state index contributed by atoms with van der Waals surface area (Å²) in [6.07, 6.45) is 0. The smallest absolute Gasteiger partial charge is 0.261 e. The summed E-state index contributed by atoms with van der Waals surface area (Å²) in [5.41, 5.74) is 0.902. The minimum absolute atomic E-state index is 0.0980. The van der Waals surface area contributed by atoms with E-state index >= 15 is 0 Å². The molecule has 0 fully saturated rings. The van der Waals surface area contributed by atoms with E-state index in [9.17, 15) is 18.0 Å². The summed E-state index contributed by atoms with van der Waals surface area (Å²) in [5, 5.41) is 2.63. The summed E-state index contributed by atoms with van der Waals surface area (Å²) in [4.78, 5) is 25.1. The van der Waals surface area contributed by atoms with Crippen LogP contribution < -0.4 is 14.8 Å². The topological polar surface area (TPSA) is 102 Å². The van der Waals surface area contributed by atoms with Gasteiger partial charge in [-0.3, -0.25) is 14.3 Å². The molecule has 0 atom stereocenters. The van der Waals surface area contributed by atoms with E-state index in [0.29, 0.717) is 12.1 Å². The average molecular weight is 439 g/mol. The molecule has 0 aliphatic heterocycles. The first-order valence-electron chi connectivity index (χ1n) is 9.55. The van der Waals surface area contributed by atoms with Crippen LogP contribution in [0.5, 0.6) is 5.75 Å². The van der Waals surface area contributed by atoms with Gasteiger partial charge in [-0.05, 0) is 37.3 Å². The van der Waals surface area contributed by atoms with E-state index in [1.807, 2.05) is 0 Å². The van der Waals surface area contributed by atoms with Crippen molar-refractivity contribution in [1.29, 1.82) is 0 Å². The zero-order valence-corrected chi connectivity index (χ0v) is 17.9. The lowest BCUT2D eigenvalue weighted by Gasteiger charge is -2.14. The van der Waals surface area contributed by atoms with Gasteiger partial charge in [-0.2, -0.15) is 0 Å². The Kier molecular flexibility index (Phi) is 6.71. The van der Waals surface area contributed by atoms with Gasteiger partial charge in [0.25, 0.3) is 15.9 Å². The molecule has 0 saturated heterocycles. The van der Waals surface area contributed by atoms with Crippen molar-refractivity contribution < 1.29 is 22.7 Å². The van der Waals surface area contributed by atoms with Crippen LogP contribution in [0.4, 0.5) is 5.69 Å². The lowest BCUT2D eigenvalue weighted by atomic mass is 10.0. The number of rotatable bonds is 8. The normalized spacial score (nSPS) is 10.9. The number of hydrogen-bond acceptors (Lipinski definition) is 5. The Morgan fingerprint density at radius 2 is 1.58 bits per heavy atom. The molecular formula is C23H22N2O5S. The van der Waals surface area contributed by atoms with Gasteiger partial charge in [-0.25, -0.2) is 8.42 Å². The molecule has 0 unspecified atom stereocenters. The van der Waals surface area contributed by atoms with Crippen molar-refractivity contribution in [3.8, 4) is 5.75 Å². The molecule has 31 heavy (non-hydrogen) atoms. The maximum absolute atomic E-state index is 13.1. The van der Waals surface area contributed by atoms with E-state index in [1.165, 1.54) is 31.4 Å². The Morgan fingerprint density at radius 1 is 0.903 bits per heavy atom. The molecule has 0 heterocycles. The highest BCUT2D eigenvalue weighted by Gasteiger charge is 2.22. The van der Waals surface area contributed by atoms with Gasteiger partial charge in [0, 0.05) is 17.7 Å². The molecule has 3 rings (SSSR count). The molecule has 160 valence electrons. The second-order valence-corrected chi connectivity index (χ2v) is 8.25. The highest BCUT2D eigenvalue weighted by molar-refractivity contribution is 7.92. The van der Waals surface area contributed by atoms with Crippen LogP contribution in [0, 0.1) is 0 Å². The monoisotopic (exact) mass is 438 g/mol. The van der Waals surface area contributed by atoms with Crippen LogP contribution in [0.2, 0.25) is 0 Å². The molecule has 8 heteroatoms. The number of sulfonamides is 1. The first kappa shape index (κ1) is 22.0. The van der Waals surface area contributed by atoms with Crippen LogP contribution >= 0.6 is 0 Å². The highest BCUT2D eigenvalue weighted by atomic mass is 32.2. The molecule has 1 amide bonds. The molecule has 2 N–H and O–H groups in total. The van der Waals surface area contributed by atoms with Crippen LogP contribution in [-0.2, 0) is 10.0 Å². The van der Waals surface area contributed by atoms with Gasteiger partial charge in [0.2, 0.25) is 0 Å². The number of amides is 1. The number of ether oxygens (including phenoxy) is 1. The van der Waals surface area contributed by atoms with Crippen molar-refractivity contribution in [2.24, 2.45) is 0 Å². The third kappa shape index (κ3) is 4.92. The largest absolute Gasteiger partial charge is 0.496 e. The Labute approximate surface area is 181 Å². The van der Waals surface area contributed by atoms with E-state index in [4.69, 9.17) is 4.74 Å². The number of benzene rings is 3. The van der Waals surface area contributed by atoms with Crippen molar-refractivity contribution >= 4 is 27.4 Å². The number of nitrogens with one attached hydrogen (secondary N) is 2. The van der Waals surface area contributed by atoms with E-state index in [2.05, 4.69) is 10.0 Å². The van der Waals surface area contributed by atoms with Gasteiger partial charge in [0.05, 0.1) is 23.3 Å². The summed E-state index contributed by atoms with van der Waals surface area (Å²) in [6, 6.07) is 19.0. The number of methoxy groups -OCH3 is 1. The summed E-state index contributed by atoms with van der Waals surface area (Å²) in [6.45, 7) is 2.14. The van der Waals surface area contributed by atoms with Gasteiger partial charge in [-0.15, -0.1) is 0 Å². The molecule has 0 aromatic heterocycles. The molecule has 3 aromatic carbocycles. The van der Waals surface area contributed by atoms with E-state index in [0.717, 1.165) is 0 Å². The Bertz CT molecular complexity index is 1210. The first-order valence-corrected chi connectivity index (χ1v) is 11.0. The minimum Gasteiger partial charge on any atom is -0.496 e. The molecule has 0 bridgehead atoms. The van der Waals surface area contributed by atoms with Crippen LogP contribution in [0.15, 0.2) is 77.7 Å². The Balaban J connectivity index is 1.98. The molecule has 0 spiro atoms. The average Bonchev–Trinajstić information content (AvgIpc) is 2.79. The summed E-state index contributed by atoms with van der Waals surface area (Å²) >= 11 is 0. The molecule has 7 nitrogen and oxygen atoms in total.